The van der Waals surface area contributed by atoms with Crippen molar-refractivity contribution in [1.29, 1.82) is 0 Å². The summed E-state index contributed by atoms with van der Waals surface area (Å²) in [6, 6.07) is 11.4. The summed E-state index contributed by atoms with van der Waals surface area (Å²) in [6.45, 7) is -0.334. The van der Waals surface area contributed by atoms with Crippen LogP contribution in [0.2, 0.25) is 0 Å². The number of methoxy groups -OCH3 is 1. The Morgan fingerprint density at radius 2 is 1.96 bits per heavy atom. The number of rotatable bonds is 6. The van der Waals surface area contributed by atoms with Gasteiger partial charge in [0.2, 0.25) is 0 Å². The second-order valence-corrected chi connectivity index (χ2v) is 5.68. The largest absolute Gasteiger partial charge is 0.496 e. The topological polar surface area (TPSA) is 90.7 Å². The normalized spacial score (nSPS) is 10.0. The second kappa shape index (κ2) is 7.77. The van der Waals surface area contributed by atoms with E-state index in [9.17, 15) is 14.9 Å². The maximum Gasteiger partial charge on any atom is 0.314 e. The van der Waals surface area contributed by atoms with Gasteiger partial charge in [-0.15, -0.1) is 0 Å². The zero-order chi connectivity index (χ0) is 16.8. The quantitative estimate of drug-likeness (QED) is 0.434. The minimum Gasteiger partial charge on any atom is -0.496 e. The summed E-state index contributed by atoms with van der Waals surface area (Å²) < 4.78 is 11.2. The summed E-state index contributed by atoms with van der Waals surface area (Å²) >= 11 is 2.16. The van der Waals surface area contributed by atoms with Crippen molar-refractivity contribution in [2.45, 2.75) is 0 Å². The molecule has 0 saturated carbocycles. The Balaban J connectivity index is 2.01. The third kappa shape index (κ3) is 4.81. The molecule has 1 N–H and O–H groups in total. The molecule has 0 fully saturated rings. The summed E-state index contributed by atoms with van der Waals surface area (Å²) in [5, 5.41) is 13.7. The summed E-state index contributed by atoms with van der Waals surface area (Å²) in [5.41, 5.74) is 0.370. The highest BCUT2D eigenvalue weighted by Gasteiger charge is 2.17. The SMILES string of the molecule is COc1ccc(OCC(=O)Nc2ccc(I)cc2)c([N+](=O)[O-])c1. The lowest BCUT2D eigenvalue weighted by Gasteiger charge is -2.09. The third-order valence-corrected chi connectivity index (χ3v) is 3.57. The van der Waals surface area contributed by atoms with Gasteiger partial charge < -0.3 is 14.8 Å². The van der Waals surface area contributed by atoms with Crippen LogP contribution >= 0.6 is 22.6 Å². The van der Waals surface area contributed by atoms with E-state index in [1.807, 2.05) is 12.1 Å². The number of halogens is 1. The van der Waals surface area contributed by atoms with E-state index in [4.69, 9.17) is 9.47 Å². The Labute approximate surface area is 145 Å². The lowest BCUT2D eigenvalue weighted by Crippen LogP contribution is -2.20. The first-order valence-corrected chi connectivity index (χ1v) is 7.58. The molecule has 0 aliphatic rings. The van der Waals surface area contributed by atoms with Gasteiger partial charge in [-0.1, -0.05) is 0 Å². The number of carbonyl (C=O) groups excluding carboxylic acids is 1. The summed E-state index contributed by atoms with van der Waals surface area (Å²) in [7, 11) is 1.41. The Bertz CT molecular complexity index is 718. The van der Waals surface area contributed by atoms with E-state index >= 15 is 0 Å². The van der Waals surface area contributed by atoms with Crippen LogP contribution < -0.4 is 14.8 Å². The Hall–Kier alpha value is -2.36. The molecule has 0 atom stereocenters. The molecule has 0 unspecified atom stereocenters. The number of hydrogen-bond donors (Lipinski definition) is 1. The standard InChI is InChI=1S/C15H13IN2O5/c1-22-12-6-7-14(13(8-12)18(20)21)23-9-15(19)17-11-4-2-10(16)3-5-11/h2-8H,9H2,1H3,(H,17,19). The van der Waals surface area contributed by atoms with Crippen LogP contribution in [0.15, 0.2) is 42.5 Å². The van der Waals surface area contributed by atoms with Crippen molar-refractivity contribution in [2.24, 2.45) is 0 Å². The number of carbonyl (C=O) groups is 1. The van der Waals surface area contributed by atoms with Crippen molar-refractivity contribution in [1.82, 2.24) is 0 Å². The second-order valence-electron chi connectivity index (χ2n) is 4.43. The number of ether oxygens (including phenoxy) is 2. The van der Waals surface area contributed by atoms with Gasteiger partial charge in [-0.2, -0.15) is 0 Å². The number of benzene rings is 2. The van der Waals surface area contributed by atoms with Gasteiger partial charge in [0.05, 0.1) is 18.1 Å². The zero-order valence-corrected chi connectivity index (χ0v) is 14.3. The number of nitro groups is 1. The van der Waals surface area contributed by atoms with Gasteiger partial charge in [0.25, 0.3) is 5.91 Å². The van der Waals surface area contributed by atoms with E-state index in [2.05, 4.69) is 27.9 Å². The highest BCUT2D eigenvalue weighted by atomic mass is 127. The molecular weight excluding hydrogens is 415 g/mol. The third-order valence-electron chi connectivity index (χ3n) is 2.85. The number of amides is 1. The molecule has 2 aromatic rings. The fourth-order valence-corrected chi connectivity index (χ4v) is 2.12. The average molecular weight is 428 g/mol. The highest BCUT2D eigenvalue weighted by Crippen LogP contribution is 2.30. The van der Waals surface area contributed by atoms with Crippen LogP contribution in [0.1, 0.15) is 0 Å². The van der Waals surface area contributed by atoms with Crippen molar-refractivity contribution in [3.63, 3.8) is 0 Å². The fraction of sp³-hybridized carbons (Fsp3) is 0.133. The smallest absolute Gasteiger partial charge is 0.314 e. The first-order chi connectivity index (χ1) is 11.0. The van der Waals surface area contributed by atoms with Crippen LogP contribution in [-0.4, -0.2) is 24.5 Å². The molecule has 0 aliphatic heterocycles. The fourth-order valence-electron chi connectivity index (χ4n) is 1.76. The first kappa shape index (κ1) is 17.0. The number of anilines is 1. The number of nitrogens with zero attached hydrogens (tertiary/aromatic N) is 1. The molecule has 120 valence electrons. The van der Waals surface area contributed by atoms with Crippen LogP contribution in [0, 0.1) is 13.7 Å². The van der Waals surface area contributed by atoms with Crippen molar-refractivity contribution in [3.8, 4) is 11.5 Å². The van der Waals surface area contributed by atoms with E-state index in [1.165, 1.54) is 25.3 Å². The van der Waals surface area contributed by atoms with E-state index in [1.54, 1.807) is 12.1 Å². The minimum atomic E-state index is -0.588. The summed E-state index contributed by atoms with van der Waals surface area (Å²) in [4.78, 5) is 22.3. The monoisotopic (exact) mass is 428 g/mol. The molecule has 2 rings (SSSR count). The number of nitrogens with one attached hydrogen (secondary N) is 1. The lowest BCUT2D eigenvalue weighted by molar-refractivity contribution is -0.385. The molecule has 2 aromatic carbocycles. The molecular formula is C15H13IN2O5. The Kier molecular flexibility index (Phi) is 5.74. The van der Waals surface area contributed by atoms with Gasteiger partial charge in [-0.3, -0.25) is 14.9 Å². The van der Waals surface area contributed by atoms with Gasteiger partial charge in [0.1, 0.15) is 5.75 Å². The summed E-state index contributed by atoms with van der Waals surface area (Å²) in [6.07, 6.45) is 0. The molecule has 0 bridgehead atoms. The van der Waals surface area contributed by atoms with Gasteiger partial charge in [0, 0.05) is 9.26 Å². The van der Waals surface area contributed by atoms with Gasteiger partial charge in [-0.25, -0.2) is 0 Å². The number of hydrogen-bond acceptors (Lipinski definition) is 5. The van der Waals surface area contributed by atoms with Crippen molar-refractivity contribution >= 4 is 39.9 Å². The van der Waals surface area contributed by atoms with Crippen molar-refractivity contribution < 1.29 is 19.2 Å². The Morgan fingerprint density at radius 1 is 1.26 bits per heavy atom. The Morgan fingerprint density at radius 3 is 2.57 bits per heavy atom. The molecule has 7 nitrogen and oxygen atoms in total. The van der Waals surface area contributed by atoms with Gasteiger partial charge in [-0.05, 0) is 59.0 Å². The predicted molar refractivity (Wildman–Crippen MR) is 92.9 cm³/mol. The van der Waals surface area contributed by atoms with Gasteiger partial charge in [0.15, 0.2) is 12.4 Å². The maximum atomic E-state index is 11.8. The molecule has 0 saturated heterocycles. The minimum absolute atomic E-state index is 0.00793. The average Bonchev–Trinajstić information content (AvgIpc) is 2.54. The maximum absolute atomic E-state index is 11.8. The molecule has 0 radical (unpaired) electrons. The molecule has 0 heterocycles. The van der Waals surface area contributed by atoms with Crippen LogP contribution in [-0.2, 0) is 4.79 Å². The van der Waals surface area contributed by atoms with Crippen molar-refractivity contribution in [3.05, 3.63) is 56.1 Å². The lowest BCUT2D eigenvalue weighted by atomic mass is 10.3. The highest BCUT2D eigenvalue weighted by molar-refractivity contribution is 14.1. The van der Waals surface area contributed by atoms with Crippen LogP contribution in [0.3, 0.4) is 0 Å². The molecule has 0 aromatic heterocycles. The molecule has 1 amide bonds. The van der Waals surface area contributed by atoms with E-state index in [0.29, 0.717) is 11.4 Å². The zero-order valence-electron chi connectivity index (χ0n) is 12.1. The summed E-state index contributed by atoms with van der Waals surface area (Å²) in [5.74, 6) is -0.0581. The van der Waals surface area contributed by atoms with Crippen LogP contribution in [0.25, 0.3) is 0 Å². The van der Waals surface area contributed by atoms with E-state index < -0.39 is 10.8 Å². The first-order valence-electron chi connectivity index (χ1n) is 6.50. The van der Waals surface area contributed by atoms with Crippen LogP contribution in [0.4, 0.5) is 11.4 Å². The van der Waals surface area contributed by atoms with Gasteiger partial charge >= 0.3 is 5.69 Å². The van der Waals surface area contributed by atoms with Crippen molar-refractivity contribution in [2.75, 3.05) is 19.0 Å². The molecule has 8 heteroatoms. The van der Waals surface area contributed by atoms with Crippen LogP contribution in [0.5, 0.6) is 11.5 Å². The molecule has 0 aliphatic carbocycles. The number of nitro benzene ring substituents is 1. The predicted octanol–water partition coefficient (Wildman–Crippen LogP) is 3.23. The molecule has 23 heavy (non-hydrogen) atoms. The van der Waals surface area contributed by atoms with E-state index in [0.717, 1.165) is 3.57 Å². The van der Waals surface area contributed by atoms with E-state index in [-0.39, 0.29) is 18.0 Å². The molecule has 0 spiro atoms.